The van der Waals surface area contributed by atoms with Crippen LogP contribution in [0.2, 0.25) is 0 Å². The van der Waals surface area contributed by atoms with Crippen LogP contribution in [0.3, 0.4) is 0 Å². The molecular weight excluding hydrogens is 140 g/mol. The smallest absolute Gasteiger partial charge is 0.152 e. The van der Waals surface area contributed by atoms with Crippen molar-refractivity contribution in [1.82, 2.24) is 0 Å². The number of rotatable bonds is 2. The van der Waals surface area contributed by atoms with Crippen molar-refractivity contribution in [2.75, 3.05) is 7.11 Å². The predicted molar refractivity (Wildman–Crippen MR) is 41.2 cm³/mol. The number of fused-ring (bicyclic) bond motifs is 2. The largest absolute Gasteiger partial charge is 0.370 e. The van der Waals surface area contributed by atoms with E-state index in [-0.39, 0.29) is 0 Å². The van der Waals surface area contributed by atoms with Gasteiger partial charge in [-0.2, -0.15) is 0 Å². The lowest BCUT2D eigenvalue weighted by Gasteiger charge is -2.27. The summed E-state index contributed by atoms with van der Waals surface area (Å²) in [7, 11) is 1.63. The van der Waals surface area contributed by atoms with Gasteiger partial charge in [0, 0.05) is 13.0 Å². The fourth-order valence-electron chi connectivity index (χ4n) is 2.27. The summed E-state index contributed by atoms with van der Waals surface area (Å²) < 4.78 is 5.26. The van der Waals surface area contributed by atoms with E-state index in [4.69, 9.17) is 4.74 Å². The van der Waals surface area contributed by atoms with Gasteiger partial charge in [-0.3, -0.25) is 0 Å². The van der Waals surface area contributed by atoms with E-state index >= 15 is 0 Å². The molecule has 2 aliphatic carbocycles. The molecular formula is C9H12O2. The normalized spacial score (nSPS) is 46.6. The molecule has 11 heavy (non-hydrogen) atoms. The Hall–Kier alpha value is -0.630. The lowest BCUT2D eigenvalue weighted by atomic mass is 9.90. The van der Waals surface area contributed by atoms with E-state index in [0.29, 0.717) is 11.8 Å². The molecule has 0 saturated heterocycles. The molecule has 2 bridgehead atoms. The first kappa shape index (κ1) is 7.04. The van der Waals surface area contributed by atoms with Gasteiger partial charge in [-0.05, 0) is 18.8 Å². The summed E-state index contributed by atoms with van der Waals surface area (Å²) in [6, 6.07) is 0. The molecule has 0 amide bonds. The van der Waals surface area contributed by atoms with Crippen LogP contribution in [-0.2, 0) is 9.53 Å². The zero-order valence-electron chi connectivity index (χ0n) is 6.62. The average Bonchev–Trinajstić information content (AvgIpc) is 2.62. The second kappa shape index (κ2) is 2.18. The molecule has 0 radical (unpaired) electrons. The number of aldehydes is 1. The van der Waals surface area contributed by atoms with Gasteiger partial charge in [0.15, 0.2) is 6.29 Å². The minimum atomic E-state index is -0.473. The fraction of sp³-hybridized carbons (Fsp3) is 0.667. The highest BCUT2D eigenvalue weighted by atomic mass is 16.5. The van der Waals surface area contributed by atoms with Crippen molar-refractivity contribution in [3.05, 3.63) is 12.2 Å². The maximum atomic E-state index is 10.8. The van der Waals surface area contributed by atoms with E-state index in [1.807, 2.05) is 0 Å². The molecule has 0 aromatic rings. The molecule has 0 unspecified atom stereocenters. The first-order valence-corrected chi connectivity index (χ1v) is 4.00. The van der Waals surface area contributed by atoms with E-state index in [0.717, 1.165) is 19.1 Å². The van der Waals surface area contributed by atoms with Crippen LogP contribution in [0.5, 0.6) is 0 Å². The van der Waals surface area contributed by atoms with Crippen molar-refractivity contribution < 1.29 is 9.53 Å². The number of carbonyl (C=O) groups is 1. The highest BCUT2D eigenvalue weighted by Gasteiger charge is 2.48. The molecule has 0 spiro atoms. The number of methoxy groups -OCH3 is 1. The van der Waals surface area contributed by atoms with Gasteiger partial charge in [0.25, 0.3) is 0 Å². The average molecular weight is 152 g/mol. The first-order valence-electron chi connectivity index (χ1n) is 4.00. The molecule has 0 aromatic heterocycles. The quantitative estimate of drug-likeness (QED) is 0.438. The van der Waals surface area contributed by atoms with Gasteiger partial charge in [-0.15, -0.1) is 0 Å². The summed E-state index contributed by atoms with van der Waals surface area (Å²) in [5, 5.41) is 0. The standard InChI is InChI=1S/C9H12O2/c1-11-9(6-10)5-7-2-3-8(9)4-7/h2-3,6-8H,4-5H2,1H3/t7-,8+,9-/m0/s1. The number of ether oxygens (including phenoxy) is 1. The maximum Gasteiger partial charge on any atom is 0.152 e. The van der Waals surface area contributed by atoms with E-state index in [1.54, 1.807) is 7.11 Å². The number of hydrogen-bond acceptors (Lipinski definition) is 2. The highest BCUT2D eigenvalue weighted by Crippen LogP contribution is 2.46. The van der Waals surface area contributed by atoms with Gasteiger partial charge < -0.3 is 9.53 Å². The summed E-state index contributed by atoms with van der Waals surface area (Å²) in [6.07, 6.45) is 7.28. The Labute approximate surface area is 66.2 Å². The molecule has 0 aromatic carbocycles. The molecule has 3 atom stereocenters. The number of carbonyl (C=O) groups excluding carboxylic acids is 1. The molecule has 2 nitrogen and oxygen atoms in total. The van der Waals surface area contributed by atoms with Crippen LogP contribution in [0.1, 0.15) is 12.8 Å². The summed E-state index contributed by atoms with van der Waals surface area (Å²) >= 11 is 0. The second-order valence-corrected chi connectivity index (χ2v) is 3.47. The third kappa shape index (κ3) is 0.791. The van der Waals surface area contributed by atoms with Crippen LogP contribution in [0.15, 0.2) is 12.2 Å². The highest BCUT2D eigenvalue weighted by molar-refractivity contribution is 5.65. The van der Waals surface area contributed by atoms with E-state index < -0.39 is 5.60 Å². The van der Waals surface area contributed by atoms with Gasteiger partial charge in [0.1, 0.15) is 5.60 Å². The van der Waals surface area contributed by atoms with Gasteiger partial charge in [-0.1, -0.05) is 12.2 Å². The lowest BCUT2D eigenvalue weighted by molar-refractivity contribution is -0.130. The van der Waals surface area contributed by atoms with Crippen LogP contribution in [0.4, 0.5) is 0 Å². The van der Waals surface area contributed by atoms with E-state index in [1.165, 1.54) is 0 Å². The Balaban J connectivity index is 2.28. The first-order chi connectivity index (χ1) is 5.30. The van der Waals surface area contributed by atoms with Gasteiger partial charge >= 0.3 is 0 Å². The van der Waals surface area contributed by atoms with Gasteiger partial charge in [0.05, 0.1) is 0 Å². The Morgan fingerprint density at radius 1 is 1.64 bits per heavy atom. The van der Waals surface area contributed by atoms with Crippen LogP contribution in [-0.4, -0.2) is 19.0 Å². The maximum absolute atomic E-state index is 10.8. The van der Waals surface area contributed by atoms with Crippen molar-refractivity contribution in [3.63, 3.8) is 0 Å². The van der Waals surface area contributed by atoms with Crippen LogP contribution in [0.25, 0.3) is 0 Å². The molecule has 1 fully saturated rings. The summed E-state index contributed by atoms with van der Waals surface area (Å²) in [5.74, 6) is 0.931. The van der Waals surface area contributed by atoms with E-state index in [9.17, 15) is 4.79 Å². The Morgan fingerprint density at radius 3 is 2.73 bits per heavy atom. The molecule has 60 valence electrons. The third-order valence-electron chi connectivity index (χ3n) is 2.96. The number of hydrogen-bond donors (Lipinski definition) is 0. The lowest BCUT2D eigenvalue weighted by Crippen LogP contribution is -2.37. The van der Waals surface area contributed by atoms with Crippen molar-refractivity contribution in [3.8, 4) is 0 Å². The minimum absolute atomic E-state index is 0.343. The van der Waals surface area contributed by atoms with Crippen molar-refractivity contribution >= 4 is 6.29 Å². The molecule has 2 aliphatic rings. The Kier molecular flexibility index (Phi) is 1.39. The summed E-state index contributed by atoms with van der Waals surface area (Å²) in [5.41, 5.74) is -0.473. The molecule has 2 heteroatoms. The zero-order valence-corrected chi connectivity index (χ0v) is 6.62. The molecule has 2 rings (SSSR count). The van der Waals surface area contributed by atoms with Crippen molar-refractivity contribution in [1.29, 1.82) is 0 Å². The molecule has 0 N–H and O–H groups in total. The Bertz CT molecular complexity index is 210. The van der Waals surface area contributed by atoms with E-state index in [2.05, 4.69) is 12.2 Å². The second-order valence-electron chi connectivity index (χ2n) is 3.47. The number of allylic oxidation sites excluding steroid dienone is 1. The predicted octanol–water partition coefficient (Wildman–Crippen LogP) is 1.17. The minimum Gasteiger partial charge on any atom is -0.370 e. The van der Waals surface area contributed by atoms with Crippen LogP contribution < -0.4 is 0 Å². The summed E-state index contributed by atoms with van der Waals surface area (Å²) in [4.78, 5) is 10.8. The van der Waals surface area contributed by atoms with Gasteiger partial charge in [0.2, 0.25) is 0 Å². The fourth-order valence-corrected chi connectivity index (χ4v) is 2.27. The SMILES string of the molecule is CO[C@]1(C=O)C[C@H]2C=C[C@@H]1C2. The third-order valence-corrected chi connectivity index (χ3v) is 2.96. The molecule has 1 saturated carbocycles. The molecule has 0 heterocycles. The van der Waals surface area contributed by atoms with Crippen LogP contribution in [0, 0.1) is 11.8 Å². The van der Waals surface area contributed by atoms with Crippen molar-refractivity contribution in [2.45, 2.75) is 18.4 Å². The van der Waals surface area contributed by atoms with Crippen molar-refractivity contribution in [2.24, 2.45) is 11.8 Å². The van der Waals surface area contributed by atoms with Crippen LogP contribution >= 0.6 is 0 Å². The zero-order chi connectivity index (χ0) is 7.90. The van der Waals surface area contributed by atoms with Gasteiger partial charge in [-0.25, -0.2) is 0 Å². The topological polar surface area (TPSA) is 26.3 Å². The summed E-state index contributed by atoms with van der Waals surface area (Å²) in [6.45, 7) is 0. The Morgan fingerprint density at radius 2 is 2.45 bits per heavy atom. The monoisotopic (exact) mass is 152 g/mol. The molecule has 0 aliphatic heterocycles.